The molecule has 1 aromatic carbocycles. The minimum absolute atomic E-state index is 0.0139. The summed E-state index contributed by atoms with van der Waals surface area (Å²) >= 11 is 0. The fourth-order valence-corrected chi connectivity index (χ4v) is 1.63. The van der Waals surface area contributed by atoms with Crippen LogP contribution in [0.3, 0.4) is 0 Å². The van der Waals surface area contributed by atoms with Gasteiger partial charge in [-0.05, 0) is 18.9 Å². The standard InChI is InChI=1S/C16H25NO3/c1-3-9-19-11-12-20-10-8-16(18)17-13-15-6-4-14(2)5-7-15/h4-7H,3,8-13H2,1-2H3,(H,17,18). The van der Waals surface area contributed by atoms with E-state index in [1.165, 1.54) is 5.56 Å². The molecule has 0 bridgehead atoms. The molecule has 20 heavy (non-hydrogen) atoms. The number of nitrogens with one attached hydrogen (secondary N) is 1. The molecule has 0 aliphatic heterocycles. The van der Waals surface area contributed by atoms with E-state index >= 15 is 0 Å². The van der Waals surface area contributed by atoms with Crippen LogP contribution in [0.2, 0.25) is 0 Å². The molecule has 0 spiro atoms. The van der Waals surface area contributed by atoms with Crippen LogP contribution in [0.4, 0.5) is 0 Å². The average molecular weight is 279 g/mol. The molecule has 0 radical (unpaired) electrons. The summed E-state index contributed by atoms with van der Waals surface area (Å²) in [4.78, 5) is 11.6. The summed E-state index contributed by atoms with van der Waals surface area (Å²) in [5, 5.41) is 2.88. The molecule has 0 aromatic heterocycles. The predicted octanol–water partition coefficient (Wildman–Crippen LogP) is 2.44. The second-order valence-electron chi connectivity index (χ2n) is 4.74. The van der Waals surface area contributed by atoms with E-state index in [1.54, 1.807) is 0 Å². The van der Waals surface area contributed by atoms with Gasteiger partial charge in [0.1, 0.15) is 0 Å². The lowest BCUT2D eigenvalue weighted by Crippen LogP contribution is -2.24. The lowest BCUT2D eigenvalue weighted by atomic mass is 10.1. The topological polar surface area (TPSA) is 47.6 Å². The summed E-state index contributed by atoms with van der Waals surface area (Å²) < 4.78 is 10.6. The van der Waals surface area contributed by atoms with Crippen molar-refractivity contribution in [2.24, 2.45) is 0 Å². The molecule has 0 saturated carbocycles. The number of aryl methyl sites for hydroxylation is 1. The van der Waals surface area contributed by atoms with E-state index < -0.39 is 0 Å². The third-order valence-corrected chi connectivity index (χ3v) is 2.80. The van der Waals surface area contributed by atoms with Gasteiger partial charge in [0.05, 0.1) is 19.8 Å². The Balaban J connectivity index is 2.01. The Morgan fingerprint density at radius 1 is 1.05 bits per heavy atom. The van der Waals surface area contributed by atoms with Crippen molar-refractivity contribution in [3.63, 3.8) is 0 Å². The molecule has 1 rings (SSSR count). The second kappa shape index (κ2) is 10.4. The van der Waals surface area contributed by atoms with Crippen LogP contribution in [-0.2, 0) is 20.8 Å². The molecule has 0 aliphatic carbocycles. The van der Waals surface area contributed by atoms with E-state index in [1.807, 2.05) is 31.2 Å². The highest BCUT2D eigenvalue weighted by Crippen LogP contribution is 2.02. The fraction of sp³-hybridized carbons (Fsp3) is 0.562. The van der Waals surface area contributed by atoms with Crippen LogP contribution >= 0.6 is 0 Å². The summed E-state index contributed by atoms with van der Waals surface area (Å²) in [6.45, 7) is 7.03. The van der Waals surface area contributed by atoms with E-state index in [0.29, 0.717) is 32.8 Å². The van der Waals surface area contributed by atoms with E-state index in [2.05, 4.69) is 12.2 Å². The third kappa shape index (κ3) is 7.92. The SMILES string of the molecule is CCCOCCOCCC(=O)NCc1ccc(C)cc1. The van der Waals surface area contributed by atoms with E-state index in [4.69, 9.17) is 9.47 Å². The van der Waals surface area contributed by atoms with Crippen LogP contribution < -0.4 is 5.32 Å². The maximum atomic E-state index is 11.6. The lowest BCUT2D eigenvalue weighted by molar-refractivity contribution is -0.122. The molecule has 112 valence electrons. The number of ether oxygens (including phenoxy) is 2. The van der Waals surface area contributed by atoms with Gasteiger partial charge in [-0.15, -0.1) is 0 Å². The number of amides is 1. The highest BCUT2D eigenvalue weighted by atomic mass is 16.5. The number of hydrogen-bond acceptors (Lipinski definition) is 3. The van der Waals surface area contributed by atoms with Gasteiger partial charge >= 0.3 is 0 Å². The van der Waals surface area contributed by atoms with Crippen LogP contribution in [0.5, 0.6) is 0 Å². The highest BCUT2D eigenvalue weighted by Gasteiger charge is 2.01. The Morgan fingerprint density at radius 2 is 1.70 bits per heavy atom. The minimum atomic E-state index is 0.0139. The van der Waals surface area contributed by atoms with Crippen molar-refractivity contribution in [2.45, 2.75) is 33.2 Å². The molecular weight excluding hydrogens is 254 g/mol. The number of hydrogen-bond donors (Lipinski definition) is 1. The van der Waals surface area contributed by atoms with Gasteiger partial charge < -0.3 is 14.8 Å². The first kappa shape index (κ1) is 16.7. The van der Waals surface area contributed by atoms with Gasteiger partial charge in [-0.2, -0.15) is 0 Å². The first-order valence-corrected chi connectivity index (χ1v) is 7.20. The first-order valence-electron chi connectivity index (χ1n) is 7.20. The maximum Gasteiger partial charge on any atom is 0.222 e. The zero-order valence-corrected chi connectivity index (χ0v) is 12.5. The fourth-order valence-electron chi connectivity index (χ4n) is 1.63. The number of carbonyl (C=O) groups is 1. The Hall–Kier alpha value is -1.39. The zero-order valence-electron chi connectivity index (χ0n) is 12.5. The van der Waals surface area contributed by atoms with Crippen molar-refractivity contribution < 1.29 is 14.3 Å². The summed E-state index contributed by atoms with van der Waals surface area (Å²) in [5.41, 5.74) is 2.33. The number of benzene rings is 1. The first-order chi connectivity index (χ1) is 9.72. The molecule has 4 heteroatoms. The summed E-state index contributed by atoms with van der Waals surface area (Å²) in [5.74, 6) is 0.0139. The number of carbonyl (C=O) groups excluding carboxylic acids is 1. The monoisotopic (exact) mass is 279 g/mol. The predicted molar refractivity (Wildman–Crippen MR) is 79.6 cm³/mol. The Labute approximate surface area is 121 Å². The molecule has 0 unspecified atom stereocenters. The van der Waals surface area contributed by atoms with E-state index in [9.17, 15) is 4.79 Å². The van der Waals surface area contributed by atoms with Crippen LogP contribution in [0.25, 0.3) is 0 Å². The quantitative estimate of drug-likeness (QED) is 0.669. The summed E-state index contributed by atoms with van der Waals surface area (Å²) in [6.07, 6.45) is 1.40. The lowest BCUT2D eigenvalue weighted by Gasteiger charge is -2.07. The molecule has 0 saturated heterocycles. The van der Waals surface area contributed by atoms with Crippen molar-refractivity contribution in [1.29, 1.82) is 0 Å². The van der Waals surface area contributed by atoms with Crippen LogP contribution in [0, 0.1) is 6.92 Å². The van der Waals surface area contributed by atoms with Gasteiger partial charge in [0.2, 0.25) is 5.91 Å². The van der Waals surface area contributed by atoms with Gasteiger partial charge in [-0.25, -0.2) is 0 Å². The smallest absolute Gasteiger partial charge is 0.222 e. The Bertz CT molecular complexity index is 376. The van der Waals surface area contributed by atoms with Gasteiger partial charge in [0.25, 0.3) is 0 Å². The highest BCUT2D eigenvalue weighted by molar-refractivity contribution is 5.75. The van der Waals surface area contributed by atoms with Crippen molar-refractivity contribution in [3.05, 3.63) is 35.4 Å². The second-order valence-corrected chi connectivity index (χ2v) is 4.74. The van der Waals surface area contributed by atoms with Crippen molar-refractivity contribution in [1.82, 2.24) is 5.32 Å². The van der Waals surface area contributed by atoms with Crippen molar-refractivity contribution in [2.75, 3.05) is 26.4 Å². The molecule has 1 N–H and O–H groups in total. The zero-order chi connectivity index (χ0) is 14.6. The van der Waals surface area contributed by atoms with Gasteiger partial charge in [-0.1, -0.05) is 36.8 Å². The maximum absolute atomic E-state index is 11.6. The van der Waals surface area contributed by atoms with Crippen molar-refractivity contribution >= 4 is 5.91 Å². The molecule has 1 amide bonds. The molecule has 1 aromatic rings. The van der Waals surface area contributed by atoms with Gasteiger partial charge in [-0.3, -0.25) is 4.79 Å². The average Bonchev–Trinajstić information content (AvgIpc) is 2.46. The Kier molecular flexibility index (Phi) is 8.67. The normalized spacial score (nSPS) is 10.5. The Morgan fingerprint density at radius 3 is 2.35 bits per heavy atom. The van der Waals surface area contributed by atoms with Gasteiger partial charge in [0, 0.05) is 19.6 Å². The van der Waals surface area contributed by atoms with Gasteiger partial charge in [0.15, 0.2) is 0 Å². The van der Waals surface area contributed by atoms with Crippen LogP contribution in [0.15, 0.2) is 24.3 Å². The van der Waals surface area contributed by atoms with Crippen molar-refractivity contribution in [3.8, 4) is 0 Å². The molecular formula is C16H25NO3. The van der Waals surface area contributed by atoms with Crippen LogP contribution in [-0.4, -0.2) is 32.3 Å². The van der Waals surface area contributed by atoms with Crippen LogP contribution in [0.1, 0.15) is 30.9 Å². The molecule has 0 heterocycles. The molecule has 0 fully saturated rings. The number of rotatable bonds is 10. The molecule has 0 atom stereocenters. The molecule has 4 nitrogen and oxygen atoms in total. The minimum Gasteiger partial charge on any atom is -0.379 e. The summed E-state index contributed by atoms with van der Waals surface area (Å²) in [6, 6.07) is 8.14. The van der Waals surface area contributed by atoms with E-state index in [0.717, 1.165) is 18.6 Å². The largest absolute Gasteiger partial charge is 0.379 e. The third-order valence-electron chi connectivity index (χ3n) is 2.80. The summed E-state index contributed by atoms with van der Waals surface area (Å²) in [7, 11) is 0. The van der Waals surface area contributed by atoms with E-state index in [-0.39, 0.29) is 5.91 Å². The molecule has 0 aliphatic rings.